The summed E-state index contributed by atoms with van der Waals surface area (Å²) in [5, 5.41) is 9.60. The molecular formula is C17H15BrO2. The van der Waals surface area contributed by atoms with Crippen molar-refractivity contribution in [2.24, 2.45) is 0 Å². The predicted molar refractivity (Wildman–Crippen MR) is 83.8 cm³/mol. The summed E-state index contributed by atoms with van der Waals surface area (Å²) >= 11 is 3.38. The first-order valence-corrected chi connectivity index (χ1v) is 7.01. The molecule has 0 aliphatic carbocycles. The molecule has 2 aromatic rings. The summed E-state index contributed by atoms with van der Waals surface area (Å²) in [6, 6.07) is 15.1. The molecule has 1 N–H and O–H groups in total. The van der Waals surface area contributed by atoms with E-state index in [-0.39, 0.29) is 0 Å². The lowest BCUT2D eigenvalue weighted by Gasteiger charge is -2.07. The Hall–Kier alpha value is -1.76. The zero-order valence-electron chi connectivity index (χ0n) is 11.4. The Labute approximate surface area is 127 Å². The van der Waals surface area contributed by atoms with Crippen molar-refractivity contribution < 1.29 is 9.84 Å². The molecule has 0 fully saturated rings. The SMILES string of the molecule is CC(C)(O)C#Cc1cccc(Oc2ccc(Br)cc2)c1. The molecule has 0 aliphatic heterocycles. The summed E-state index contributed by atoms with van der Waals surface area (Å²) in [4.78, 5) is 0. The molecule has 3 heteroatoms. The molecule has 2 rings (SSSR count). The first-order chi connectivity index (χ1) is 9.42. The molecule has 0 radical (unpaired) electrons. The van der Waals surface area contributed by atoms with Crippen molar-refractivity contribution in [3.05, 3.63) is 58.6 Å². The van der Waals surface area contributed by atoms with Gasteiger partial charge in [0.1, 0.15) is 17.1 Å². The average molecular weight is 331 g/mol. The quantitative estimate of drug-likeness (QED) is 0.829. The summed E-state index contributed by atoms with van der Waals surface area (Å²) < 4.78 is 6.76. The molecule has 0 amide bonds. The van der Waals surface area contributed by atoms with Gasteiger partial charge in [-0.2, -0.15) is 0 Å². The summed E-state index contributed by atoms with van der Waals surface area (Å²) in [6.45, 7) is 3.31. The molecule has 0 bridgehead atoms. The van der Waals surface area contributed by atoms with Gasteiger partial charge in [0, 0.05) is 10.0 Å². The molecule has 0 saturated heterocycles. The van der Waals surface area contributed by atoms with Crippen LogP contribution >= 0.6 is 15.9 Å². The third-order valence-electron chi connectivity index (χ3n) is 2.40. The van der Waals surface area contributed by atoms with Crippen molar-refractivity contribution in [1.82, 2.24) is 0 Å². The molecule has 0 aliphatic rings. The Morgan fingerprint density at radius 3 is 2.40 bits per heavy atom. The average Bonchev–Trinajstić information content (AvgIpc) is 2.39. The van der Waals surface area contributed by atoms with E-state index in [0.717, 1.165) is 21.5 Å². The lowest BCUT2D eigenvalue weighted by Crippen LogP contribution is -2.14. The fraction of sp³-hybridized carbons (Fsp3) is 0.176. The van der Waals surface area contributed by atoms with E-state index in [4.69, 9.17) is 4.74 Å². The minimum Gasteiger partial charge on any atom is -0.457 e. The maximum absolute atomic E-state index is 9.60. The minimum atomic E-state index is -0.997. The highest BCUT2D eigenvalue weighted by atomic mass is 79.9. The summed E-state index contributed by atoms with van der Waals surface area (Å²) in [7, 11) is 0. The van der Waals surface area contributed by atoms with E-state index in [9.17, 15) is 5.11 Å². The zero-order chi connectivity index (χ0) is 14.6. The molecule has 2 aromatic carbocycles. The fourth-order valence-electron chi connectivity index (χ4n) is 1.50. The van der Waals surface area contributed by atoms with Gasteiger partial charge in [-0.25, -0.2) is 0 Å². The number of rotatable bonds is 2. The molecule has 0 atom stereocenters. The fourth-order valence-corrected chi connectivity index (χ4v) is 1.77. The topological polar surface area (TPSA) is 29.5 Å². The smallest absolute Gasteiger partial charge is 0.128 e. The maximum Gasteiger partial charge on any atom is 0.128 e. The van der Waals surface area contributed by atoms with Crippen LogP contribution in [0.3, 0.4) is 0 Å². The van der Waals surface area contributed by atoms with E-state index in [1.54, 1.807) is 13.8 Å². The van der Waals surface area contributed by atoms with Crippen LogP contribution in [-0.4, -0.2) is 10.7 Å². The van der Waals surface area contributed by atoms with Gasteiger partial charge >= 0.3 is 0 Å². The molecule has 0 aromatic heterocycles. The highest BCUT2D eigenvalue weighted by Gasteiger charge is 2.06. The monoisotopic (exact) mass is 330 g/mol. The Morgan fingerprint density at radius 1 is 1.05 bits per heavy atom. The third-order valence-corrected chi connectivity index (χ3v) is 2.92. The second-order valence-corrected chi connectivity index (χ2v) is 5.81. The molecule has 102 valence electrons. The van der Waals surface area contributed by atoms with Crippen LogP contribution in [0.25, 0.3) is 0 Å². The van der Waals surface area contributed by atoms with Crippen LogP contribution in [0.4, 0.5) is 0 Å². The van der Waals surface area contributed by atoms with Crippen molar-refractivity contribution in [2.75, 3.05) is 0 Å². The van der Waals surface area contributed by atoms with Crippen molar-refractivity contribution in [1.29, 1.82) is 0 Å². The standard InChI is InChI=1S/C17H15BrO2/c1-17(2,19)11-10-13-4-3-5-16(12-13)20-15-8-6-14(18)7-9-15/h3-9,12,19H,1-2H3. The van der Waals surface area contributed by atoms with E-state index in [2.05, 4.69) is 27.8 Å². The van der Waals surface area contributed by atoms with E-state index >= 15 is 0 Å². The van der Waals surface area contributed by atoms with Gasteiger partial charge in [0.05, 0.1) is 0 Å². The highest BCUT2D eigenvalue weighted by molar-refractivity contribution is 9.10. The van der Waals surface area contributed by atoms with Crippen LogP contribution in [0.2, 0.25) is 0 Å². The van der Waals surface area contributed by atoms with E-state index in [1.165, 1.54) is 0 Å². The number of halogens is 1. The number of hydrogen-bond donors (Lipinski definition) is 1. The number of aliphatic hydroxyl groups is 1. The van der Waals surface area contributed by atoms with Gasteiger partial charge in [-0.3, -0.25) is 0 Å². The molecule has 0 unspecified atom stereocenters. The van der Waals surface area contributed by atoms with Crippen LogP contribution in [0.5, 0.6) is 11.5 Å². The van der Waals surface area contributed by atoms with Crippen LogP contribution in [0.15, 0.2) is 53.0 Å². The normalized spacial score (nSPS) is 10.6. The Bertz CT molecular complexity index is 643. The molecular weight excluding hydrogens is 316 g/mol. The van der Waals surface area contributed by atoms with Crippen LogP contribution < -0.4 is 4.74 Å². The molecule has 0 saturated carbocycles. The largest absolute Gasteiger partial charge is 0.457 e. The Kier molecular flexibility index (Phi) is 4.49. The second kappa shape index (κ2) is 6.13. The molecule has 0 spiro atoms. The first kappa shape index (κ1) is 14.6. The van der Waals surface area contributed by atoms with Crippen LogP contribution in [0, 0.1) is 11.8 Å². The predicted octanol–water partition coefficient (Wildman–Crippen LogP) is 4.36. The lowest BCUT2D eigenvalue weighted by atomic mass is 10.1. The van der Waals surface area contributed by atoms with E-state index < -0.39 is 5.60 Å². The van der Waals surface area contributed by atoms with Gasteiger partial charge in [0.25, 0.3) is 0 Å². The van der Waals surface area contributed by atoms with Crippen molar-refractivity contribution in [2.45, 2.75) is 19.4 Å². The van der Waals surface area contributed by atoms with Gasteiger partial charge in [0.15, 0.2) is 0 Å². The van der Waals surface area contributed by atoms with Gasteiger partial charge in [-0.15, -0.1) is 0 Å². The van der Waals surface area contributed by atoms with Crippen molar-refractivity contribution in [3.63, 3.8) is 0 Å². The van der Waals surface area contributed by atoms with Crippen molar-refractivity contribution >= 4 is 15.9 Å². The van der Waals surface area contributed by atoms with Gasteiger partial charge in [-0.1, -0.05) is 33.8 Å². The Morgan fingerprint density at radius 2 is 1.75 bits per heavy atom. The number of benzene rings is 2. The first-order valence-electron chi connectivity index (χ1n) is 6.21. The third kappa shape index (κ3) is 4.73. The maximum atomic E-state index is 9.60. The van der Waals surface area contributed by atoms with Gasteiger partial charge < -0.3 is 9.84 Å². The Balaban J connectivity index is 2.17. The highest BCUT2D eigenvalue weighted by Crippen LogP contribution is 2.23. The van der Waals surface area contributed by atoms with Gasteiger partial charge in [-0.05, 0) is 56.3 Å². The molecule has 0 heterocycles. The number of hydrogen-bond acceptors (Lipinski definition) is 2. The van der Waals surface area contributed by atoms with Crippen LogP contribution in [-0.2, 0) is 0 Å². The summed E-state index contributed by atoms with van der Waals surface area (Å²) in [5.74, 6) is 7.19. The second-order valence-electron chi connectivity index (χ2n) is 4.89. The molecule has 2 nitrogen and oxygen atoms in total. The van der Waals surface area contributed by atoms with E-state index in [1.807, 2.05) is 48.5 Å². The summed E-state index contributed by atoms with van der Waals surface area (Å²) in [5.41, 5.74) is -0.190. The minimum absolute atomic E-state index is 0.717. The van der Waals surface area contributed by atoms with Gasteiger partial charge in [0.2, 0.25) is 0 Å². The zero-order valence-corrected chi connectivity index (χ0v) is 12.9. The summed E-state index contributed by atoms with van der Waals surface area (Å²) in [6.07, 6.45) is 0. The lowest BCUT2D eigenvalue weighted by molar-refractivity contribution is 0.143. The molecule has 20 heavy (non-hydrogen) atoms. The van der Waals surface area contributed by atoms with Crippen LogP contribution in [0.1, 0.15) is 19.4 Å². The van der Waals surface area contributed by atoms with Crippen molar-refractivity contribution in [3.8, 4) is 23.3 Å². The number of ether oxygens (including phenoxy) is 1. The van der Waals surface area contributed by atoms with E-state index in [0.29, 0.717) is 0 Å².